The van der Waals surface area contributed by atoms with Crippen molar-refractivity contribution < 1.29 is 13.6 Å². The fourth-order valence-electron chi connectivity index (χ4n) is 3.29. The smallest absolute Gasteiger partial charge is 0.338 e. The van der Waals surface area contributed by atoms with Crippen molar-refractivity contribution in [2.75, 3.05) is 13.2 Å². The zero-order valence-electron chi connectivity index (χ0n) is 11.6. The van der Waals surface area contributed by atoms with E-state index in [1.54, 1.807) is 0 Å². The topological polar surface area (TPSA) is 31.0 Å². The minimum Gasteiger partial charge on any atom is -0.394 e. The Morgan fingerprint density at radius 3 is 2.47 bits per heavy atom. The van der Waals surface area contributed by atoms with Gasteiger partial charge in [-0.05, 0) is 39.2 Å². The molecule has 2 aliphatic rings. The molecule has 0 aromatic carbocycles. The molecule has 0 radical (unpaired) electrons. The van der Waals surface area contributed by atoms with E-state index >= 15 is 0 Å². The molecule has 1 aliphatic heterocycles. The van der Waals surface area contributed by atoms with Gasteiger partial charge in [0, 0.05) is 18.8 Å². The van der Waals surface area contributed by atoms with E-state index in [9.17, 15) is 0 Å². The molecule has 1 aliphatic carbocycles. The van der Waals surface area contributed by atoms with E-state index < -0.39 is 8.56 Å². The SMILES string of the molecule is CCO[Si](C)(OCC)C(C)C1CCCC2OC21. The molecule has 4 heteroatoms. The lowest BCUT2D eigenvalue weighted by atomic mass is 9.87. The van der Waals surface area contributed by atoms with Crippen LogP contribution in [0.2, 0.25) is 12.1 Å². The van der Waals surface area contributed by atoms with Crippen LogP contribution in [0.25, 0.3) is 0 Å². The summed E-state index contributed by atoms with van der Waals surface area (Å²) in [6, 6.07) is 0. The molecular weight excluding hydrogens is 232 g/mol. The Morgan fingerprint density at radius 2 is 1.88 bits per heavy atom. The fourth-order valence-corrected chi connectivity index (χ4v) is 6.18. The summed E-state index contributed by atoms with van der Waals surface area (Å²) < 4.78 is 17.8. The van der Waals surface area contributed by atoms with E-state index in [0.29, 0.717) is 23.7 Å². The molecule has 2 fully saturated rings. The van der Waals surface area contributed by atoms with Crippen LogP contribution in [0.1, 0.15) is 40.0 Å². The van der Waals surface area contributed by atoms with Gasteiger partial charge in [-0.3, -0.25) is 0 Å². The van der Waals surface area contributed by atoms with Gasteiger partial charge in [-0.25, -0.2) is 0 Å². The van der Waals surface area contributed by atoms with Crippen molar-refractivity contribution in [3.05, 3.63) is 0 Å². The van der Waals surface area contributed by atoms with Gasteiger partial charge in [0.2, 0.25) is 0 Å². The van der Waals surface area contributed by atoms with Crippen LogP contribution in [0.5, 0.6) is 0 Å². The van der Waals surface area contributed by atoms with Crippen molar-refractivity contribution in [3.8, 4) is 0 Å². The lowest BCUT2D eigenvalue weighted by Gasteiger charge is -2.37. The largest absolute Gasteiger partial charge is 0.394 e. The molecular formula is C13H26O3Si. The number of rotatable bonds is 6. The zero-order valence-corrected chi connectivity index (χ0v) is 12.6. The summed E-state index contributed by atoms with van der Waals surface area (Å²) in [5, 5.41) is 0. The summed E-state index contributed by atoms with van der Waals surface area (Å²) >= 11 is 0. The average molecular weight is 258 g/mol. The number of fused-ring (bicyclic) bond motifs is 1. The van der Waals surface area contributed by atoms with Gasteiger partial charge in [0.1, 0.15) is 0 Å². The highest BCUT2D eigenvalue weighted by Gasteiger charge is 2.54. The maximum Gasteiger partial charge on any atom is 0.338 e. The van der Waals surface area contributed by atoms with Crippen LogP contribution in [-0.4, -0.2) is 34.0 Å². The predicted octanol–water partition coefficient (Wildman–Crippen LogP) is 3.09. The van der Waals surface area contributed by atoms with Gasteiger partial charge in [0.15, 0.2) is 0 Å². The molecule has 1 saturated carbocycles. The van der Waals surface area contributed by atoms with E-state index in [1.165, 1.54) is 19.3 Å². The highest BCUT2D eigenvalue weighted by molar-refractivity contribution is 6.67. The molecule has 0 aromatic rings. The van der Waals surface area contributed by atoms with Crippen LogP contribution in [0.15, 0.2) is 0 Å². The molecule has 0 aromatic heterocycles. The van der Waals surface area contributed by atoms with Gasteiger partial charge in [-0.1, -0.05) is 13.3 Å². The van der Waals surface area contributed by atoms with Gasteiger partial charge in [-0.2, -0.15) is 0 Å². The minimum atomic E-state index is -2.04. The summed E-state index contributed by atoms with van der Waals surface area (Å²) in [6.45, 7) is 10.2. The molecule has 100 valence electrons. The van der Waals surface area contributed by atoms with Crippen LogP contribution < -0.4 is 0 Å². The third-order valence-electron chi connectivity index (χ3n) is 4.40. The maximum atomic E-state index is 6.01. The molecule has 4 unspecified atom stereocenters. The Bertz CT molecular complexity index is 253. The lowest BCUT2D eigenvalue weighted by molar-refractivity contribution is 0.162. The van der Waals surface area contributed by atoms with Crippen LogP contribution in [0.3, 0.4) is 0 Å². The summed E-state index contributed by atoms with van der Waals surface area (Å²) in [5.41, 5.74) is 0.526. The zero-order chi connectivity index (χ0) is 12.5. The van der Waals surface area contributed by atoms with Gasteiger partial charge in [0.25, 0.3) is 0 Å². The number of ether oxygens (including phenoxy) is 1. The normalized spacial score (nSPS) is 34.2. The summed E-state index contributed by atoms with van der Waals surface area (Å²) in [7, 11) is -2.04. The standard InChI is InChI=1S/C13H26O3Si/c1-5-14-17(4,15-6-2)10(3)11-8-7-9-12-13(11)16-12/h10-13H,5-9H2,1-4H3. The summed E-state index contributed by atoms with van der Waals surface area (Å²) in [5.74, 6) is 0.656. The molecule has 0 amide bonds. The van der Waals surface area contributed by atoms with Crippen molar-refractivity contribution in [2.45, 2.75) is 64.3 Å². The summed E-state index contributed by atoms with van der Waals surface area (Å²) in [6.07, 6.45) is 4.91. The first-order valence-electron chi connectivity index (χ1n) is 7.05. The number of hydrogen-bond acceptors (Lipinski definition) is 3. The molecule has 1 saturated heterocycles. The molecule has 0 bridgehead atoms. The monoisotopic (exact) mass is 258 g/mol. The third-order valence-corrected chi connectivity index (χ3v) is 8.21. The van der Waals surface area contributed by atoms with Gasteiger partial charge < -0.3 is 13.6 Å². The molecule has 0 spiro atoms. The average Bonchev–Trinajstić information content (AvgIpc) is 3.07. The highest BCUT2D eigenvalue weighted by Crippen LogP contribution is 2.48. The second-order valence-electron chi connectivity index (χ2n) is 5.40. The highest BCUT2D eigenvalue weighted by atomic mass is 28.4. The van der Waals surface area contributed by atoms with Crippen molar-refractivity contribution in [2.24, 2.45) is 5.92 Å². The molecule has 2 rings (SSSR count). The second-order valence-corrected chi connectivity index (χ2v) is 8.92. The van der Waals surface area contributed by atoms with Gasteiger partial charge in [0.05, 0.1) is 12.2 Å². The molecule has 1 heterocycles. The quantitative estimate of drug-likeness (QED) is 0.542. The Labute approximate surface area is 106 Å². The Balaban J connectivity index is 2.01. The predicted molar refractivity (Wildman–Crippen MR) is 70.3 cm³/mol. The van der Waals surface area contributed by atoms with Crippen molar-refractivity contribution >= 4 is 8.56 Å². The Morgan fingerprint density at radius 1 is 1.24 bits per heavy atom. The minimum absolute atomic E-state index is 0.506. The Hall–Kier alpha value is 0.0969. The number of hydrogen-bond donors (Lipinski definition) is 0. The maximum absolute atomic E-state index is 6.01. The summed E-state index contributed by atoms with van der Waals surface area (Å²) in [4.78, 5) is 0. The van der Waals surface area contributed by atoms with E-state index in [0.717, 1.165) is 13.2 Å². The molecule has 0 N–H and O–H groups in total. The van der Waals surface area contributed by atoms with Crippen molar-refractivity contribution in [1.29, 1.82) is 0 Å². The van der Waals surface area contributed by atoms with E-state index in [4.69, 9.17) is 13.6 Å². The van der Waals surface area contributed by atoms with E-state index in [2.05, 4.69) is 27.3 Å². The van der Waals surface area contributed by atoms with Crippen LogP contribution in [-0.2, 0) is 13.6 Å². The first-order chi connectivity index (χ1) is 8.12. The molecule has 4 atom stereocenters. The second kappa shape index (κ2) is 5.39. The first-order valence-corrected chi connectivity index (χ1v) is 9.45. The van der Waals surface area contributed by atoms with Crippen molar-refractivity contribution in [3.63, 3.8) is 0 Å². The molecule has 17 heavy (non-hydrogen) atoms. The van der Waals surface area contributed by atoms with Gasteiger partial charge >= 0.3 is 8.56 Å². The van der Waals surface area contributed by atoms with E-state index in [-0.39, 0.29) is 0 Å². The van der Waals surface area contributed by atoms with E-state index in [1.807, 2.05) is 0 Å². The van der Waals surface area contributed by atoms with Gasteiger partial charge in [-0.15, -0.1) is 0 Å². The van der Waals surface area contributed by atoms with Crippen molar-refractivity contribution in [1.82, 2.24) is 0 Å². The van der Waals surface area contributed by atoms with Crippen LogP contribution >= 0.6 is 0 Å². The molecule has 3 nitrogen and oxygen atoms in total. The number of epoxide rings is 1. The first kappa shape index (κ1) is 13.5. The lowest BCUT2D eigenvalue weighted by Crippen LogP contribution is -2.47. The van der Waals surface area contributed by atoms with Crippen LogP contribution in [0, 0.1) is 5.92 Å². The Kier molecular flexibility index (Phi) is 4.29. The van der Waals surface area contributed by atoms with Crippen LogP contribution in [0.4, 0.5) is 0 Å². The fraction of sp³-hybridized carbons (Fsp3) is 1.00. The third kappa shape index (κ3) is 2.75.